The van der Waals surface area contributed by atoms with E-state index >= 15 is 0 Å². The van der Waals surface area contributed by atoms with Crippen molar-refractivity contribution in [2.24, 2.45) is 0 Å². The van der Waals surface area contributed by atoms with Crippen LogP contribution in [-0.4, -0.2) is 6.66 Å². The average molecular weight is 397 g/mol. The van der Waals surface area contributed by atoms with Gasteiger partial charge in [-0.3, -0.25) is 0 Å². The molecule has 0 aromatic heterocycles. The maximum atomic E-state index is 2.41. The van der Waals surface area contributed by atoms with Crippen molar-refractivity contribution in [1.29, 1.82) is 0 Å². The Labute approximate surface area is 174 Å². The molecule has 0 aliphatic rings. The molecule has 3 aromatic rings. The van der Waals surface area contributed by atoms with E-state index in [0.717, 1.165) is 0 Å². The van der Waals surface area contributed by atoms with Gasteiger partial charge >= 0.3 is 0 Å². The first kappa shape index (κ1) is 19.9. The van der Waals surface area contributed by atoms with Crippen LogP contribution in [0.25, 0.3) is 0 Å². The summed E-state index contributed by atoms with van der Waals surface area (Å²) in [5.41, 5.74) is 0. The summed E-state index contributed by atoms with van der Waals surface area (Å²) >= 11 is 0. The van der Waals surface area contributed by atoms with E-state index in [2.05, 4.69) is 97.7 Å². The average Bonchev–Trinajstić information content (AvgIpc) is 2.56. The first-order valence-electron chi connectivity index (χ1n) is 6.85. The summed E-state index contributed by atoms with van der Waals surface area (Å²) in [6.07, 6.45) is 0. The predicted octanol–water partition coefficient (Wildman–Crippen LogP) is 0.614. The molecule has 0 aliphatic carbocycles. The largest absolute Gasteiger partial charge is 1.00 e. The zero-order valence-corrected chi connectivity index (χ0v) is 15.5. The van der Waals surface area contributed by atoms with E-state index in [-0.39, 0.29) is 54.7 Å². The SMILES string of the molecule is C[P+](c1ccccc1)(c1ccccc1)c1ccccc1.[Ar].[Br-]. The Kier molecular flexibility index (Phi) is 8.32. The Bertz CT molecular complexity index is 575. The quantitative estimate of drug-likeness (QED) is 0.569. The summed E-state index contributed by atoms with van der Waals surface area (Å²) < 4.78 is 0. The predicted molar refractivity (Wildman–Crippen MR) is 91.1 cm³/mol. The van der Waals surface area contributed by atoms with Crippen molar-refractivity contribution < 1.29 is 54.7 Å². The monoisotopic (exact) mass is 396 g/mol. The Morgan fingerprint density at radius 1 is 0.500 bits per heavy atom. The summed E-state index contributed by atoms with van der Waals surface area (Å²) in [7, 11) is -1.53. The van der Waals surface area contributed by atoms with Gasteiger partial charge < -0.3 is 17.0 Å². The third-order valence-electron chi connectivity index (χ3n) is 3.82. The van der Waals surface area contributed by atoms with Crippen LogP contribution in [0.3, 0.4) is 0 Å². The topological polar surface area (TPSA) is 0 Å². The van der Waals surface area contributed by atoms with Crippen molar-refractivity contribution in [3.63, 3.8) is 0 Å². The number of hydrogen-bond acceptors (Lipinski definition) is 0. The summed E-state index contributed by atoms with van der Waals surface area (Å²) in [6.45, 7) is 2.41. The van der Waals surface area contributed by atoms with E-state index in [1.165, 1.54) is 15.9 Å². The van der Waals surface area contributed by atoms with Gasteiger partial charge in [0.2, 0.25) is 0 Å². The molecule has 0 aliphatic heterocycles. The molecule has 0 heterocycles. The van der Waals surface area contributed by atoms with Crippen molar-refractivity contribution in [2.45, 2.75) is 0 Å². The second kappa shape index (κ2) is 9.20. The van der Waals surface area contributed by atoms with Gasteiger partial charge in [-0.25, -0.2) is 0 Å². The van der Waals surface area contributed by atoms with Gasteiger partial charge in [0.05, 0.1) is 6.66 Å². The molecule has 0 saturated heterocycles. The first-order valence-corrected chi connectivity index (χ1v) is 9.09. The fourth-order valence-electron chi connectivity index (χ4n) is 2.63. The van der Waals surface area contributed by atoms with E-state index in [1.54, 1.807) is 0 Å². The van der Waals surface area contributed by atoms with Gasteiger partial charge in [-0.2, -0.15) is 0 Å². The molecule has 22 heavy (non-hydrogen) atoms. The molecule has 3 aromatic carbocycles. The van der Waals surface area contributed by atoms with Crippen molar-refractivity contribution in [1.82, 2.24) is 0 Å². The van der Waals surface area contributed by atoms with Gasteiger partial charge in [-0.05, 0) is 36.4 Å². The minimum absolute atomic E-state index is 0. The molecule has 0 fully saturated rings. The molecule has 0 radical (unpaired) electrons. The third kappa shape index (κ3) is 4.02. The second-order valence-electron chi connectivity index (χ2n) is 5.01. The van der Waals surface area contributed by atoms with Gasteiger partial charge in [0.1, 0.15) is 23.2 Å². The van der Waals surface area contributed by atoms with Crippen molar-refractivity contribution in [3.8, 4) is 0 Å². The summed E-state index contributed by atoms with van der Waals surface area (Å²) in [4.78, 5) is 0. The molecule has 0 bridgehead atoms. The molecule has 3 rings (SSSR count). The fourth-order valence-corrected chi connectivity index (χ4v) is 5.83. The number of benzene rings is 3. The third-order valence-corrected chi connectivity index (χ3v) is 7.81. The Balaban J connectivity index is 0.00000121. The minimum atomic E-state index is -1.53. The molecule has 0 amide bonds. The van der Waals surface area contributed by atoms with Gasteiger partial charge in [-0.15, -0.1) is 0 Å². The van der Waals surface area contributed by atoms with Crippen molar-refractivity contribution in [2.75, 3.05) is 6.66 Å². The number of hydrogen-bond donors (Lipinski definition) is 0. The normalized spacial score (nSPS) is 10.2. The van der Waals surface area contributed by atoms with Crippen LogP contribution in [0.5, 0.6) is 0 Å². The van der Waals surface area contributed by atoms with Crippen LogP contribution in [-0.2, 0) is 0 Å². The van der Waals surface area contributed by atoms with Crippen LogP contribution < -0.4 is 32.9 Å². The fraction of sp³-hybridized carbons (Fsp3) is 0.0526. The van der Waals surface area contributed by atoms with Gasteiger partial charge in [0.25, 0.3) is 0 Å². The molecule has 0 atom stereocenters. The van der Waals surface area contributed by atoms with E-state index < -0.39 is 7.26 Å². The van der Waals surface area contributed by atoms with Gasteiger partial charge in [0.15, 0.2) is 0 Å². The molecule has 3 heteroatoms. The van der Waals surface area contributed by atoms with Crippen LogP contribution in [0.2, 0.25) is 0 Å². The molecule has 0 nitrogen and oxygen atoms in total. The van der Waals surface area contributed by atoms with Crippen LogP contribution in [0.1, 0.15) is 0 Å². The second-order valence-corrected chi connectivity index (χ2v) is 8.57. The maximum absolute atomic E-state index is 2.41. The summed E-state index contributed by atoms with van der Waals surface area (Å²) in [5, 5.41) is 4.28. The smallest absolute Gasteiger partial charge is 0.109 e. The standard InChI is InChI=1S/C19H18P.Ar.BrH/c1-20(17-11-5-2-6-12-17,18-13-7-3-8-14-18)19-15-9-4-10-16-19;;/h2-16H,1H3;;1H/q+1;;/p-1. The Hall–Kier alpha value is -0.170. The number of rotatable bonds is 3. The van der Waals surface area contributed by atoms with Crippen LogP contribution in [0, 0.1) is 37.7 Å². The molecule has 0 unspecified atom stereocenters. The Morgan fingerprint density at radius 2 is 0.727 bits per heavy atom. The van der Waals surface area contributed by atoms with Crippen LogP contribution in [0.4, 0.5) is 0 Å². The molecule has 0 spiro atoms. The van der Waals surface area contributed by atoms with E-state index in [1.807, 2.05) is 0 Å². The maximum Gasteiger partial charge on any atom is 0.109 e. The molecule has 0 N–H and O–H groups in total. The Morgan fingerprint density at radius 3 is 0.955 bits per heavy atom. The van der Waals surface area contributed by atoms with Crippen molar-refractivity contribution >= 4 is 23.2 Å². The van der Waals surface area contributed by atoms with Gasteiger partial charge in [0, 0.05) is 37.7 Å². The zero-order chi connectivity index (χ0) is 13.8. The van der Waals surface area contributed by atoms with E-state index in [0.29, 0.717) is 0 Å². The van der Waals surface area contributed by atoms with Crippen LogP contribution >= 0.6 is 7.26 Å². The zero-order valence-electron chi connectivity index (χ0n) is 12.3. The molecular formula is C19H18ArBrP. The summed E-state index contributed by atoms with van der Waals surface area (Å²) in [5.74, 6) is 0. The van der Waals surface area contributed by atoms with E-state index in [9.17, 15) is 0 Å². The van der Waals surface area contributed by atoms with Crippen LogP contribution in [0.15, 0.2) is 91.0 Å². The summed E-state index contributed by atoms with van der Waals surface area (Å²) in [6, 6.07) is 32.6. The number of halogens is 1. The van der Waals surface area contributed by atoms with Gasteiger partial charge in [-0.1, -0.05) is 54.6 Å². The molecular weight excluding hydrogens is 379 g/mol. The van der Waals surface area contributed by atoms with E-state index in [4.69, 9.17) is 0 Å². The van der Waals surface area contributed by atoms with Crippen molar-refractivity contribution in [3.05, 3.63) is 91.0 Å². The molecule has 0 saturated carbocycles. The molecule has 114 valence electrons. The minimum Gasteiger partial charge on any atom is -1.00 e. The first-order chi connectivity index (χ1) is 9.82.